The highest BCUT2D eigenvalue weighted by Gasteiger charge is 2.59. The molecule has 0 radical (unpaired) electrons. The summed E-state index contributed by atoms with van der Waals surface area (Å²) in [6.07, 6.45) is -16.5. The van der Waals surface area contributed by atoms with E-state index in [0.717, 1.165) is 0 Å². The Kier molecular flexibility index (Phi) is 22.9. The molecule has 0 bridgehead atoms. The van der Waals surface area contributed by atoms with Crippen molar-refractivity contribution < 1.29 is 95.1 Å². The van der Waals surface area contributed by atoms with E-state index in [0.29, 0.717) is 25.7 Å². The molecule has 23 nitrogen and oxygen atoms in total. The van der Waals surface area contributed by atoms with Gasteiger partial charge in [0.1, 0.15) is 50.3 Å². The third-order valence-corrected chi connectivity index (χ3v) is 14.1. The van der Waals surface area contributed by atoms with Crippen molar-refractivity contribution >= 4 is 41.8 Å². The fourth-order valence-corrected chi connectivity index (χ4v) is 9.76. The molecular weight excluding hydrogens is 1140 g/mol. The highest BCUT2D eigenvalue weighted by molar-refractivity contribution is 5.92. The Labute approximate surface area is 505 Å². The van der Waals surface area contributed by atoms with E-state index in [1.165, 1.54) is 79.7 Å². The summed E-state index contributed by atoms with van der Waals surface area (Å²) in [5, 5.41) is 3.60. The monoisotopic (exact) mass is 1210 g/mol. The van der Waals surface area contributed by atoms with Crippen molar-refractivity contribution in [1.82, 2.24) is 0 Å². The van der Waals surface area contributed by atoms with Crippen LogP contribution in [0.4, 0.5) is 0 Å². The average molecular weight is 1210 g/mol. The molecule has 0 aromatic heterocycles. The third-order valence-electron chi connectivity index (χ3n) is 14.1. The molecule has 3 fully saturated rings. The minimum Gasteiger partial charge on any atom is -0.463 e. The van der Waals surface area contributed by atoms with E-state index in [9.17, 15) is 33.6 Å². The molecule has 12 atom stereocenters. The lowest BCUT2D eigenvalue weighted by atomic mass is 10.1. The zero-order valence-electron chi connectivity index (χ0n) is 47.6. The number of carbonyl (C=O) groups excluding carboxylic acids is 7. The smallest absolute Gasteiger partial charge is 0.338 e. The van der Waals surface area contributed by atoms with E-state index in [-0.39, 0.29) is 46.5 Å². The molecule has 6 aromatic rings. The maximum absolute atomic E-state index is 14.3. The van der Waals surface area contributed by atoms with Crippen molar-refractivity contribution in [2.24, 2.45) is 5.11 Å². The first-order chi connectivity index (χ1) is 42.9. The lowest BCUT2D eigenvalue weighted by Gasteiger charge is -2.32. The topological polar surface area (TPSA) is 288 Å². The van der Waals surface area contributed by atoms with Gasteiger partial charge in [0.2, 0.25) is 0 Å². The summed E-state index contributed by atoms with van der Waals surface area (Å²) in [4.78, 5) is 99.4. The summed E-state index contributed by atoms with van der Waals surface area (Å²) in [6, 6.07) is 47.8. The van der Waals surface area contributed by atoms with Crippen LogP contribution in [0.2, 0.25) is 0 Å². The lowest BCUT2D eigenvalue weighted by Crippen LogP contribution is -2.49. The summed E-state index contributed by atoms with van der Waals surface area (Å²) in [5.74, 6) is -5.82. The molecule has 3 aliphatic heterocycles. The number of unbranched alkanes of at least 4 members (excludes halogenated alkanes) is 3. The number of benzene rings is 6. The van der Waals surface area contributed by atoms with Gasteiger partial charge in [-0.25, -0.2) is 28.8 Å². The minimum absolute atomic E-state index is 0.00990. The number of hydrogen-bond donors (Lipinski definition) is 0. The molecule has 3 aliphatic rings. The normalized spacial score (nSPS) is 23.6. The zero-order valence-corrected chi connectivity index (χ0v) is 47.6. The van der Waals surface area contributed by atoms with Crippen LogP contribution in [0.1, 0.15) is 94.8 Å². The largest absolute Gasteiger partial charge is 0.463 e. The molecule has 0 aliphatic carbocycles. The maximum atomic E-state index is 14.3. The molecule has 88 heavy (non-hydrogen) atoms. The maximum Gasteiger partial charge on any atom is 0.338 e. The van der Waals surface area contributed by atoms with Crippen LogP contribution in [0.5, 0.6) is 0 Å². The molecule has 3 saturated heterocycles. The molecule has 6 aromatic carbocycles. The van der Waals surface area contributed by atoms with E-state index < -0.39 is 135 Å². The lowest BCUT2D eigenvalue weighted by molar-refractivity contribution is -0.264. The fraction of sp³-hybridized carbons (Fsp3) is 0.338. The summed E-state index contributed by atoms with van der Waals surface area (Å²) in [7, 11) is 0. The Morgan fingerprint density at radius 3 is 1.08 bits per heavy atom. The van der Waals surface area contributed by atoms with Gasteiger partial charge in [0.25, 0.3) is 0 Å². The molecule has 458 valence electrons. The molecule has 9 rings (SSSR count). The Balaban J connectivity index is 1.11. The van der Waals surface area contributed by atoms with Crippen molar-refractivity contribution in [3.05, 3.63) is 226 Å². The standard InChI is InChI=1S/C65H63N3O20/c1-41(69)77-38-48-53(87-64-55(85-61(74)46-32-18-8-19-33-46)51(83-59(72)44-28-14-6-15-29-44)49(81-64)39-78-57(70)42-24-10-4-11-25-42)54(63(80-48)76-37-23-3-2-22-36-67-68-66)88-65-56(86-62(75)47-34-20-9-21-35-47)52(84-60(73)45-30-16-7-17-31-45)50(82-65)40-79-58(71)43-26-12-5-13-27-43/h4-21,24-35,48-56,63-65H,2-3,22-23,36-40H2,1H3/t48-,49-,50-,51-,52-,53-,54+,55+,56+,63+,64-,65-/m1/s1. The predicted octanol–water partition coefficient (Wildman–Crippen LogP) is 9.00. The van der Waals surface area contributed by atoms with Gasteiger partial charge in [-0.15, -0.1) is 0 Å². The van der Waals surface area contributed by atoms with E-state index in [4.69, 9.17) is 67.1 Å². The number of esters is 7. The number of azide groups is 1. The number of carbonyl (C=O) groups is 7. The number of hydrogen-bond acceptors (Lipinski definition) is 21. The molecule has 3 heterocycles. The first kappa shape index (κ1) is 63.2. The second-order valence-corrected chi connectivity index (χ2v) is 20.2. The molecule has 0 unspecified atom stereocenters. The van der Waals surface area contributed by atoms with Crippen molar-refractivity contribution in [3.63, 3.8) is 0 Å². The van der Waals surface area contributed by atoms with Crippen LogP contribution in [0.25, 0.3) is 10.4 Å². The van der Waals surface area contributed by atoms with Crippen molar-refractivity contribution in [2.75, 3.05) is 33.0 Å². The van der Waals surface area contributed by atoms with Crippen molar-refractivity contribution in [2.45, 2.75) is 106 Å². The van der Waals surface area contributed by atoms with Crippen LogP contribution in [0.15, 0.2) is 187 Å². The second-order valence-electron chi connectivity index (χ2n) is 20.2. The molecule has 0 saturated carbocycles. The summed E-state index contributed by atoms with van der Waals surface area (Å²) in [5.41, 5.74) is 9.55. The van der Waals surface area contributed by atoms with Gasteiger partial charge in [-0.3, -0.25) is 4.79 Å². The molecular formula is C65H63N3O20. The Hall–Kier alpha value is -9.32. The fourth-order valence-electron chi connectivity index (χ4n) is 9.76. The highest BCUT2D eigenvalue weighted by Crippen LogP contribution is 2.39. The van der Waals surface area contributed by atoms with E-state index in [1.807, 2.05) is 0 Å². The molecule has 0 amide bonds. The summed E-state index contributed by atoms with van der Waals surface area (Å²) in [6.45, 7) is -0.237. The highest BCUT2D eigenvalue weighted by atomic mass is 16.8. The third kappa shape index (κ3) is 17.2. The molecule has 0 spiro atoms. The van der Waals surface area contributed by atoms with E-state index in [2.05, 4.69) is 10.0 Å². The predicted molar refractivity (Wildman–Crippen MR) is 307 cm³/mol. The first-order valence-corrected chi connectivity index (χ1v) is 28.5. The Morgan fingerprint density at radius 2 is 0.705 bits per heavy atom. The van der Waals surface area contributed by atoms with E-state index >= 15 is 0 Å². The second kappa shape index (κ2) is 31.9. The quantitative estimate of drug-likeness (QED) is 0.0110. The van der Waals surface area contributed by atoms with Crippen molar-refractivity contribution in [1.29, 1.82) is 0 Å². The van der Waals surface area contributed by atoms with Crippen LogP contribution in [0, 0.1) is 0 Å². The van der Waals surface area contributed by atoms with Gasteiger partial charge in [0, 0.05) is 25.0 Å². The first-order valence-electron chi connectivity index (χ1n) is 28.5. The van der Waals surface area contributed by atoms with Crippen LogP contribution in [-0.4, -0.2) is 149 Å². The van der Waals surface area contributed by atoms with Gasteiger partial charge < -0.3 is 61.6 Å². The van der Waals surface area contributed by atoms with Gasteiger partial charge in [-0.1, -0.05) is 127 Å². The van der Waals surface area contributed by atoms with Gasteiger partial charge >= 0.3 is 41.8 Å². The van der Waals surface area contributed by atoms with E-state index in [1.54, 1.807) is 109 Å². The van der Waals surface area contributed by atoms with Gasteiger partial charge in [0.15, 0.2) is 43.3 Å². The van der Waals surface area contributed by atoms with Gasteiger partial charge in [0.05, 0.1) is 33.4 Å². The summed E-state index contributed by atoms with van der Waals surface area (Å²) < 4.78 is 81.9. The molecule has 0 N–H and O–H groups in total. The van der Waals surface area contributed by atoms with Crippen LogP contribution < -0.4 is 0 Å². The number of rotatable bonds is 28. The van der Waals surface area contributed by atoms with Crippen LogP contribution >= 0.6 is 0 Å². The summed E-state index contributed by atoms with van der Waals surface area (Å²) >= 11 is 0. The zero-order chi connectivity index (χ0) is 61.6. The van der Waals surface area contributed by atoms with Crippen LogP contribution in [0.3, 0.4) is 0 Å². The minimum atomic E-state index is -1.78. The SMILES string of the molecule is CC(=O)OC[C@H]1O[C@H](OCCCCCCN=[N+]=[N-])[C@@H](O[C@H]2O[C@H](COC(=O)c3ccccc3)[C@@H](OC(=O)c3ccccc3)[C@@H]2OC(=O)c2ccccc2)[C@@H]1O[C@H]1O[C@H](COC(=O)c2ccccc2)[C@@H](OC(=O)c2ccccc2)[C@@H]1OC(=O)c1ccccc1. The molecule has 23 heteroatoms. The Morgan fingerprint density at radius 1 is 0.386 bits per heavy atom. The average Bonchev–Trinajstić information content (AvgIpc) is 2.14. The van der Waals surface area contributed by atoms with Gasteiger partial charge in [-0.2, -0.15) is 0 Å². The van der Waals surface area contributed by atoms with Crippen LogP contribution in [-0.2, 0) is 66.4 Å². The Bertz CT molecular complexity index is 3310. The number of nitrogens with zero attached hydrogens (tertiary/aromatic N) is 3. The van der Waals surface area contributed by atoms with Crippen molar-refractivity contribution in [3.8, 4) is 0 Å². The van der Waals surface area contributed by atoms with Gasteiger partial charge in [-0.05, 0) is 91.2 Å². The number of ether oxygens (including phenoxy) is 13.